The van der Waals surface area contributed by atoms with Crippen LogP contribution < -0.4 is 5.32 Å². The SMILES string of the molecule is CCOC(=O)c1cnc(Cl)cc1NC1CC(F)(CCC(=O)OC)C1. The molecule has 6 nitrogen and oxygen atoms in total. The summed E-state index contributed by atoms with van der Waals surface area (Å²) in [7, 11) is 1.28. The second kappa shape index (κ2) is 7.79. The molecule has 0 unspecified atom stereocenters. The highest BCUT2D eigenvalue weighted by Gasteiger charge is 2.45. The van der Waals surface area contributed by atoms with Crippen molar-refractivity contribution < 1.29 is 23.5 Å². The van der Waals surface area contributed by atoms with E-state index in [9.17, 15) is 14.0 Å². The van der Waals surface area contributed by atoms with Crippen molar-refractivity contribution >= 4 is 29.2 Å². The van der Waals surface area contributed by atoms with Gasteiger partial charge in [-0.15, -0.1) is 0 Å². The summed E-state index contributed by atoms with van der Waals surface area (Å²) in [6, 6.07) is 1.36. The Bertz CT molecular complexity index is 620. The van der Waals surface area contributed by atoms with Crippen LogP contribution in [0.3, 0.4) is 0 Å². The lowest BCUT2D eigenvalue weighted by atomic mass is 9.74. The Hall–Kier alpha value is -1.89. The van der Waals surface area contributed by atoms with Gasteiger partial charge in [-0.05, 0) is 19.4 Å². The van der Waals surface area contributed by atoms with E-state index in [0.29, 0.717) is 5.69 Å². The molecule has 1 aliphatic carbocycles. The number of aromatic nitrogens is 1. The summed E-state index contributed by atoms with van der Waals surface area (Å²) in [5, 5.41) is 3.33. The number of hydrogen-bond acceptors (Lipinski definition) is 6. The highest BCUT2D eigenvalue weighted by molar-refractivity contribution is 6.29. The van der Waals surface area contributed by atoms with E-state index in [0.717, 1.165) is 0 Å². The molecule has 0 aromatic carbocycles. The normalized spacial score (nSPS) is 22.4. The number of nitrogens with one attached hydrogen (secondary N) is 1. The van der Waals surface area contributed by atoms with Gasteiger partial charge in [0.15, 0.2) is 0 Å². The number of esters is 2. The molecule has 1 aliphatic rings. The molecule has 132 valence electrons. The summed E-state index contributed by atoms with van der Waals surface area (Å²) in [6.07, 6.45) is 1.99. The summed E-state index contributed by atoms with van der Waals surface area (Å²) in [6.45, 7) is 1.95. The molecule has 0 radical (unpaired) electrons. The first kappa shape index (κ1) is 18.4. The zero-order valence-electron chi connectivity index (χ0n) is 13.6. The van der Waals surface area contributed by atoms with Gasteiger partial charge in [-0.3, -0.25) is 4.79 Å². The lowest BCUT2D eigenvalue weighted by Crippen LogP contribution is -2.48. The minimum absolute atomic E-state index is 0.0505. The molecule has 1 aromatic heterocycles. The van der Waals surface area contributed by atoms with Crippen LogP contribution in [0.5, 0.6) is 0 Å². The van der Waals surface area contributed by atoms with Crippen LogP contribution in [-0.4, -0.2) is 42.3 Å². The Morgan fingerprint density at radius 1 is 1.50 bits per heavy atom. The number of rotatable bonds is 7. The van der Waals surface area contributed by atoms with Crippen LogP contribution in [0.4, 0.5) is 10.1 Å². The second-order valence-corrected chi connectivity index (χ2v) is 6.14. The number of hydrogen-bond donors (Lipinski definition) is 1. The zero-order chi connectivity index (χ0) is 17.7. The number of carbonyl (C=O) groups is 2. The van der Waals surface area contributed by atoms with Gasteiger partial charge in [-0.25, -0.2) is 14.2 Å². The third-order valence-electron chi connectivity index (χ3n) is 3.95. The fourth-order valence-electron chi connectivity index (χ4n) is 2.70. The van der Waals surface area contributed by atoms with E-state index in [1.54, 1.807) is 6.92 Å². The van der Waals surface area contributed by atoms with Gasteiger partial charge >= 0.3 is 11.9 Å². The van der Waals surface area contributed by atoms with Crippen LogP contribution in [0.25, 0.3) is 0 Å². The number of halogens is 2. The third kappa shape index (κ3) is 4.56. The minimum atomic E-state index is -1.40. The summed E-state index contributed by atoms with van der Waals surface area (Å²) in [5.74, 6) is -0.936. The van der Waals surface area contributed by atoms with Gasteiger partial charge in [0.2, 0.25) is 0 Å². The molecule has 8 heteroatoms. The van der Waals surface area contributed by atoms with Gasteiger partial charge in [-0.1, -0.05) is 11.6 Å². The predicted molar refractivity (Wildman–Crippen MR) is 86.9 cm³/mol. The molecule has 0 atom stereocenters. The fraction of sp³-hybridized carbons (Fsp3) is 0.562. The highest BCUT2D eigenvalue weighted by atomic mass is 35.5. The van der Waals surface area contributed by atoms with Crippen molar-refractivity contribution in [2.75, 3.05) is 19.0 Å². The van der Waals surface area contributed by atoms with Gasteiger partial charge < -0.3 is 14.8 Å². The Balaban J connectivity index is 1.97. The molecule has 1 N–H and O–H groups in total. The monoisotopic (exact) mass is 358 g/mol. The van der Waals surface area contributed by atoms with Crippen molar-refractivity contribution in [3.05, 3.63) is 23.0 Å². The molecule has 0 amide bonds. The van der Waals surface area contributed by atoms with Crippen LogP contribution in [0, 0.1) is 0 Å². The number of alkyl halides is 1. The lowest BCUT2D eigenvalue weighted by Gasteiger charge is -2.42. The van der Waals surface area contributed by atoms with Crippen LogP contribution in [0.15, 0.2) is 12.3 Å². The first-order valence-electron chi connectivity index (χ1n) is 7.72. The molecule has 0 spiro atoms. The number of methoxy groups -OCH3 is 1. The van der Waals surface area contributed by atoms with E-state index in [1.165, 1.54) is 19.4 Å². The Morgan fingerprint density at radius 3 is 2.83 bits per heavy atom. The molecule has 0 bridgehead atoms. The van der Waals surface area contributed by atoms with Gasteiger partial charge in [0.05, 0.1) is 19.4 Å². The smallest absolute Gasteiger partial charge is 0.341 e. The number of carbonyl (C=O) groups excluding carboxylic acids is 2. The molecule has 1 heterocycles. The second-order valence-electron chi connectivity index (χ2n) is 5.75. The maximum absolute atomic E-state index is 14.4. The van der Waals surface area contributed by atoms with E-state index in [2.05, 4.69) is 15.0 Å². The molecule has 24 heavy (non-hydrogen) atoms. The number of pyridine rings is 1. The summed E-state index contributed by atoms with van der Waals surface area (Å²) in [5.41, 5.74) is -0.673. The number of nitrogens with zero attached hydrogens (tertiary/aromatic N) is 1. The van der Waals surface area contributed by atoms with Crippen molar-refractivity contribution in [3.63, 3.8) is 0 Å². The topological polar surface area (TPSA) is 77.5 Å². The van der Waals surface area contributed by atoms with Crippen molar-refractivity contribution in [2.45, 2.75) is 44.3 Å². The predicted octanol–water partition coefficient (Wildman–Crippen LogP) is 3.15. The van der Waals surface area contributed by atoms with E-state index in [4.69, 9.17) is 16.3 Å². The van der Waals surface area contributed by atoms with Crippen LogP contribution in [0.1, 0.15) is 43.0 Å². The lowest BCUT2D eigenvalue weighted by molar-refractivity contribution is -0.142. The molecule has 1 fully saturated rings. The van der Waals surface area contributed by atoms with Crippen LogP contribution in [0.2, 0.25) is 5.15 Å². The molecule has 1 aromatic rings. The molecular formula is C16H20ClFN2O4. The Morgan fingerprint density at radius 2 is 2.21 bits per heavy atom. The van der Waals surface area contributed by atoms with Gasteiger partial charge in [0.1, 0.15) is 16.4 Å². The molecule has 2 rings (SSSR count). The molecule has 0 aliphatic heterocycles. The fourth-order valence-corrected chi connectivity index (χ4v) is 2.86. The maximum Gasteiger partial charge on any atom is 0.341 e. The van der Waals surface area contributed by atoms with Crippen molar-refractivity contribution in [1.82, 2.24) is 4.98 Å². The number of ether oxygens (including phenoxy) is 2. The van der Waals surface area contributed by atoms with Gasteiger partial charge in [-0.2, -0.15) is 0 Å². The highest BCUT2D eigenvalue weighted by Crippen LogP contribution is 2.42. The quantitative estimate of drug-likeness (QED) is 0.596. The first-order valence-corrected chi connectivity index (χ1v) is 8.09. The van der Waals surface area contributed by atoms with Crippen molar-refractivity contribution in [1.29, 1.82) is 0 Å². The van der Waals surface area contributed by atoms with Crippen molar-refractivity contribution in [3.8, 4) is 0 Å². The van der Waals surface area contributed by atoms with Crippen LogP contribution in [-0.2, 0) is 14.3 Å². The number of anilines is 1. The maximum atomic E-state index is 14.4. The standard InChI is InChI=1S/C16H20ClFN2O4/c1-3-24-15(22)11-9-19-13(17)6-12(11)20-10-7-16(18,8-10)5-4-14(21)23-2/h6,9-10H,3-5,7-8H2,1-2H3,(H,19,20). The Labute approximate surface area is 144 Å². The zero-order valence-corrected chi connectivity index (χ0v) is 14.4. The third-order valence-corrected chi connectivity index (χ3v) is 4.16. The first-order chi connectivity index (χ1) is 11.4. The van der Waals surface area contributed by atoms with Gasteiger partial charge in [0, 0.05) is 31.5 Å². The molecule has 0 saturated heterocycles. The Kier molecular flexibility index (Phi) is 5.99. The van der Waals surface area contributed by atoms with Gasteiger partial charge in [0.25, 0.3) is 0 Å². The molecular weight excluding hydrogens is 339 g/mol. The van der Waals surface area contributed by atoms with E-state index in [-0.39, 0.29) is 49.0 Å². The van der Waals surface area contributed by atoms with Crippen LogP contribution >= 0.6 is 11.6 Å². The largest absolute Gasteiger partial charge is 0.469 e. The summed E-state index contributed by atoms with van der Waals surface area (Å²) in [4.78, 5) is 26.9. The van der Waals surface area contributed by atoms with Crippen molar-refractivity contribution in [2.24, 2.45) is 0 Å². The average Bonchev–Trinajstić information content (AvgIpc) is 2.51. The van der Waals surface area contributed by atoms with E-state index >= 15 is 0 Å². The average molecular weight is 359 g/mol. The summed E-state index contributed by atoms with van der Waals surface area (Å²) >= 11 is 5.87. The minimum Gasteiger partial charge on any atom is -0.469 e. The van der Waals surface area contributed by atoms with E-state index < -0.39 is 17.6 Å². The molecule has 1 saturated carbocycles. The summed E-state index contributed by atoms with van der Waals surface area (Å²) < 4.78 is 23.9. The van der Waals surface area contributed by atoms with E-state index in [1.807, 2.05) is 0 Å².